The number of carbonyl (C=O) groups is 1. The molecule has 1 amide bonds. The van der Waals surface area contributed by atoms with Gasteiger partial charge in [-0.1, -0.05) is 5.16 Å². The molecule has 0 aliphatic carbocycles. The topological polar surface area (TPSA) is 123 Å². The number of hydrogen-bond acceptors (Lipinski definition) is 6. The minimum Gasteiger partial charge on any atom is -0.367 e. The Hall–Kier alpha value is -2.38. The maximum Gasteiger partial charge on any atom is 0.239 e. The van der Waals surface area contributed by atoms with Crippen molar-refractivity contribution in [1.29, 1.82) is 0 Å². The Morgan fingerprint density at radius 2 is 2.20 bits per heavy atom. The van der Waals surface area contributed by atoms with Crippen LogP contribution in [0.3, 0.4) is 0 Å². The van der Waals surface area contributed by atoms with Crippen LogP contribution in [0.25, 0.3) is 0 Å². The standard InChI is InChI=1S/C12H18N6O2/c1-7-9(8(2)20-18-7)3-4-11(19)14-6-5-10-15-12(13)17-16-10/h3-6H2,1-2H3,(H,14,19)(H3,13,15,16,17). The van der Waals surface area contributed by atoms with Gasteiger partial charge in [-0.05, 0) is 20.3 Å². The number of nitrogen functional groups attached to an aromatic ring is 1. The Bertz CT molecular complexity index is 569. The SMILES string of the molecule is Cc1noc(C)c1CCC(=O)NCCc1nc(N)n[nH]1. The Balaban J connectivity index is 1.71. The summed E-state index contributed by atoms with van der Waals surface area (Å²) in [6, 6.07) is 0. The molecule has 0 bridgehead atoms. The Morgan fingerprint density at radius 3 is 2.80 bits per heavy atom. The molecule has 2 aromatic heterocycles. The minimum absolute atomic E-state index is 0.0162. The van der Waals surface area contributed by atoms with Crippen LogP contribution in [-0.2, 0) is 17.6 Å². The summed E-state index contributed by atoms with van der Waals surface area (Å²) in [4.78, 5) is 15.7. The van der Waals surface area contributed by atoms with Crippen LogP contribution in [0.1, 0.15) is 29.3 Å². The van der Waals surface area contributed by atoms with Crippen molar-refractivity contribution in [3.05, 3.63) is 22.8 Å². The fourth-order valence-corrected chi connectivity index (χ4v) is 1.93. The predicted molar refractivity (Wildman–Crippen MR) is 71.8 cm³/mol. The lowest BCUT2D eigenvalue weighted by Crippen LogP contribution is -2.26. The number of aromatic amines is 1. The van der Waals surface area contributed by atoms with Crippen molar-refractivity contribution in [3.63, 3.8) is 0 Å². The van der Waals surface area contributed by atoms with Gasteiger partial charge in [-0.2, -0.15) is 4.98 Å². The first-order valence-electron chi connectivity index (χ1n) is 6.41. The van der Waals surface area contributed by atoms with Crippen LogP contribution in [0.15, 0.2) is 4.52 Å². The third kappa shape index (κ3) is 3.56. The van der Waals surface area contributed by atoms with E-state index in [9.17, 15) is 4.79 Å². The zero-order chi connectivity index (χ0) is 14.5. The molecule has 0 unspecified atom stereocenters. The van der Waals surface area contributed by atoms with Crippen LogP contribution in [0.5, 0.6) is 0 Å². The van der Waals surface area contributed by atoms with Gasteiger partial charge in [-0.3, -0.25) is 9.89 Å². The zero-order valence-corrected chi connectivity index (χ0v) is 11.6. The van der Waals surface area contributed by atoms with Gasteiger partial charge in [0.25, 0.3) is 0 Å². The smallest absolute Gasteiger partial charge is 0.239 e. The van der Waals surface area contributed by atoms with Gasteiger partial charge < -0.3 is 15.6 Å². The summed E-state index contributed by atoms with van der Waals surface area (Å²) in [6.07, 6.45) is 1.60. The van der Waals surface area contributed by atoms with Crippen LogP contribution in [0.2, 0.25) is 0 Å². The molecule has 0 spiro atoms. The maximum atomic E-state index is 11.7. The zero-order valence-electron chi connectivity index (χ0n) is 11.6. The second-order valence-corrected chi connectivity index (χ2v) is 4.54. The van der Waals surface area contributed by atoms with Crippen molar-refractivity contribution in [1.82, 2.24) is 25.7 Å². The molecule has 0 atom stereocenters. The highest BCUT2D eigenvalue weighted by Crippen LogP contribution is 2.14. The minimum atomic E-state index is -0.0162. The number of carbonyl (C=O) groups excluding carboxylic acids is 1. The van der Waals surface area contributed by atoms with Crippen molar-refractivity contribution >= 4 is 11.9 Å². The van der Waals surface area contributed by atoms with Crippen molar-refractivity contribution in [3.8, 4) is 0 Å². The number of anilines is 1. The third-order valence-corrected chi connectivity index (χ3v) is 3.02. The summed E-state index contributed by atoms with van der Waals surface area (Å²) in [5.41, 5.74) is 7.23. The highest BCUT2D eigenvalue weighted by molar-refractivity contribution is 5.76. The summed E-state index contributed by atoms with van der Waals surface area (Å²) >= 11 is 0. The number of nitrogens with zero attached hydrogens (tertiary/aromatic N) is 3. The number of hydrogen-bond donors (Lipinski definition) is 3. The second-order valence-electron chi connectivity index (χ2n) is 4.54. The molecule has 0 saturated carbocycles. The summed E-state index contributed by atoms with van der Waals surface area (Å²) < 4.78 is 5.06. The van der Waals surface area contributed by atoms with Crippen molar-refractivity contribution < 1.29 is 9.32 Å². The van der Waals surface area contributed by atoms with E-state index in [0.717, 1.165) is 17.0 Å². The number of amides is 1. The van der Waals surface area contributed by atoms with Gasteiger partial charge in [-0.25, -0.2) is 0 Å². The third-order valence-electron chi connectivity index (χ3n) is 3.02. The highest BCUT2D eigenvalue weighted by Gasteiger charge is 2.11. The monoisotopic (exact) mass is 278 g/mol. The lowest BCUT2D eigenvalue weighted by Gasteiger charge is -2.03. The Labute approximate surface area is 116 Å². The van der Waals surface area contributed by atoms with E-state index in [-0.39, 0.29) is 11.9 Å². The summed E-state index contributed by atoms with van der Waals surface area (Å²) in [6.45, 7) is 4.22. The molecule has 0 radical (unpaired) electrons. The molecule has 0 aromatic carbocycles. The molecule has 2 rings (SSSR count). The molecule has 4 N–H and O–H groups in total. The van der Waals surface area contributed by atoms with Crippen LogP contribution in [0.4, 0.5) is 5.95 Å². The fraction of sp³-hybridized carbons (Fsp3) is 0.500. The quantitative estimate of drug-likeness (QED) is 0.697. The van der Waals surface area contributed by atoms with Gasteiger partial charge in [0, 0.05) is 24.9 Å². The van der Waals surface area contributed by atoms with E-state index in [1.165, 1.54) is 0 Å². The molecule has 8 heteroatoms. The Morgan fingerprint density at radius 1 is 1.40 bits per heavy atom. The maximum absolute atomic E-state index is 11.7. The molecule has 2 heterocycles. The second kappa shape index (κ2) is 6.18. The number of aromatic nitrogens is 4. The first-order valence-corrected chi connectivity index (χ1v) is 6.41. The van der Waals surface area contributed by atoms with Crippen LogP contribution >= 0.6 is 0 Å². The Kier molecular flexibility index (Phi) is 4.34. The molecule has 20 heavy (non-hydrogen) atoms. The lowest BCUT2D eigenvalue weighted by molar-refractivity contribution is -0.121. The van der Waals surface area contributed by atoms with Crippen molar-refractivity contribution in [2.24, 2.45) is 0 Å². The summed E-state index contributed by atoms with van der Waals surface area (Å²) in [5.74, 6) is 1.63. The molecule has 0 aliphatic heterocycles. The molecule has 0 fully saturated rings. The van der Waals surface area contributed by atoms with Gasteiger partial charge in [-0.15, -0.1) is 5.10 Å². The summed E-state index contributed by atoms with van der Waals surface area (Å²) in [7, 11) is 0. The van der Waals surface area contributed by atoms with E-state index in [0.29, 0.717) is 31.6 Å². The number of H-pyrrole nitrogens is 1. The van der Waals surface area contributed by atoms with Gasteiger partial charge in [0.15, 0.2) is 0 Å². The van der Waals surface area contributed by atoms with Gasteiger partial charge in [0.05, 0.1) is 5.69 Å². The average Bonchev–Trinajstić information content (AvgIpc) is 2.95. The molecular formula is C12H18N6O2. The first kappa shape index (κ1) is 14.0. The number of rotatable bonds is 6. The summed E-state index contributed by atoms with van der Waals surface area (Å²) in [5, 5.41) is 13.1. The molecular weight excluding hydrogens is 260 g/mol. The highest BCUT2D eigenvalue weighted by atomic mass is 16.5. The normalized spacial score (nSPS) is 10.7. The molecule has 0 aliphatic rings. The average molecular weight is 278 g/mol. The molecule has 0 saturated heterocycles. The number of nitrogens with two attached hydrogens (primary N) is 1. The number of aryl methyl sites for hydroxylation is 2. The van der Waals surface area contributed by atoms with Crippen LogP contribution in [-0.4, -0.2) is 32.8 Å². The van der Waals surface area contributed by atoms with Crippen LogP contribution < -0.4 is 11.1 Å². The van der Waals surface area contributed by atoms with Crippen molar-refractivity contribution in [2.45, 2.75) is 33.1 Å². The molecule has 2 aromatic rings. The predicted octanol–water partition coefficient (Wildman–Crippen LogP) is 0.283. The van der Waals surface area contributed by atoms with Gasteiger partial charge in [0.2, 0.25) is 11.9 Å². The first-order chi connectivity index (χ1) is 9.56. The van der Waals surface area contributed by atoms with Gasteiger partial charge >= 0.3 is 0 Å². The van der Waals surface area contributed by atoms with E-state index in [1.807, 2.05) is 13.8 Å². The van der Waals surface area contributed by atoms with E-state index < -0.39 is 0 Å². The number of nitrogens with one attached hydrogen (secondary N) is 2. The molecule has 108 valence electrons. The van der Waals surface area contributed by atoms with E-state index in [4.69, 9.17) is 10.3 Å². The van der Waals surface area contributed by atoms with Crippen molar-refractivity contribution in [2.75, 3.05) is 12.3 Å². The van der Waals surface area contributed by atoms with E-state index >= 15 is 0 Å². The molecule has 8 nitrogen and oxygen atoms in total. The van der Waals surface area contributed by atoms with E-state index in [2.05, 4.69) is 25.7 Å². The van der Waals surface area contributed by atoms with E-state index in [1.54, 1.807) is 0 Å². The van der Waals surface area contributed by atoms with Crippen LogP contribution in [0, 0.1) is 13.8 Å². The van der Waals surface area contributed by atoms with Gasteiger partial charge in [0.1, 0.15) is 11.6 Å². The fourth-order valence-electron chi connectivity index (χ4n) is 1.93. The largest absolute Gasteiger partial charge is 0.367 e. The lowest BCUT2D eigenvalue weighted by atomic mass is 10.1.